The van der Waals surface area contributed by atoms with E-state index < -0.39 is 0 Å². The Kier molecular flexibility index (Phi) is 4.18. The molecule has 0 spiro atoms. The SMILES string of the molecule is CC(CN1CCCC1=O)NC1CCNCC1. The van der Waals surface area contributed by atoms with Crippen LogP contribution in [0, 0.1) is 0 Å². The summed E-state index contributed by atoms with van der Waals surface area (Å²) in [6.07, 6.45) is 4.20. The summed E-state index contributed by atoms with van der Waals surface area (Å²) < 4.78 is 0. The zero-order valence-electron chi connectivity index (χ0n) is 10.2. The first-order valence-electron chi connectivity index (χ1n) is 6.50. The van der Waals surface area contributed by atoms with Crippen molar-refractivity contribution in [3.05, 3.63) is 0 Å². The van der Waals surface area contributed by atoms with Crippen LogP contribution in [-0.4, -0.2) is 49.1 Å². The number of nitrogens with one attached hydrogen (secondary N) is 2. The van der Waals surface area contributed by atoms with Gasteiger partial charge in [-0.15, -0.1) is 0 Å². The van der Waals surface area contributed by atoms with Gasteiger partial charge >= 0.3 is 0 Å². The molecule has 0 aliphatic carbocycles. The quantitative estimate of drug-likeness (QED) is 0.725. The molecule has 2 fully saturated rings. The predicted molar refractivity (Wildman–Crippen MR) is 64.3 cm³/mol. The van der Waals surface area contributed by atoms with Crippen LogP contribution in [0.1, 0.15) is 32.6 Å². The van der Waals surface area contributed by atoms with Gasteiger partial charge in [0.15, 0.2) is 0 Å². The van der Waals surface area contributed by atoms with Gasteiger partial charge in [-0.1, -0.05) is 0 Å². The summed E-state index contributed by atoms with van der Waals surface area (Å²) in [5.41, 5.74) is 0. The molecule has 0 aromatic carbocycles. The Morgan fingerprint density at radius 3 is 2.88 bits per heavy atom. The van der Waals surface area contributed by atoms with Gasteiger partial charge in [0.25, 0.3) is 0 Å². The summed E-state index contributed by atoms with van der Waals surface area (Å²) in [5, 5.41) is 7.00. The molecule has 2 aliphatic rings. The van der Waals surface area contributed by atoms with Gasteiger partial charge in [0, 0.05) is 31.6 Å². The summed E-state index contributed by atoms with van der Waals surface area (Å²) in [5.74, 6) is 0.332. The maximum Gasteiger partial charge on any atom is 0.222 e. The van der Waals surface area contributed by atoms with E-state index in [-0.39, 0.29) is 0 Å². The van der Waals surface area contributed by atoms with E-state index >= 15 is 0 Å². The molecule has 4 nitrogen and oxygen atoms in total. The topological polar surface area (TPSA) is 44.4 Å². The van der Waals surface area contributed by atoms with Gasteiger partial charge in [0.1, 0.15) is 0 Å². The van der Waals surface area contributed by atoms with Crippen LogP contribution in [0.15, 0.2) is 0 Å². The highest BCUT2D eigenvalue weighted by atomic mass is 16.2. The average Bonchev–Trinajstić information content (AvgIpc) is 2.66. The van der Waals surface area contributed by atoms with Gasteiger partial charge < -0.3 is 15.5 Å². The first-order valence-corrected chi connectivity index (χ1v) is 6.50. The van der Waals surface area contributed by atoms with Crippen LogP contribution in [0.4, 0.5) is 0 Å². The van der Waals surface area contributed by atoms with E-state index in [1.54, 1.807) is 0 Å². The lowest BCUT2D eigenvalue weighted by Gasteiger charge is -2.29. The summed E-state index contributed by atoms with van der Waals surface area (Å²) in [6.45, 7) is 6.26. The van der Waals surface area contributed by atoms with Crippen LogP contribution in [0.2, 0.25) is 0 Å². The fourth-order valence-corrected chi connectivity index (χ4v) is 2.67. The number of hydrogen-bond donors (Lipinski definition) is 2. The molecule has 2 aliphatic heterocycles. The maximum atomic E-state index is 11.5. The minimum atomic E-state index is 0.332. The number of hydrogen-bond acceptors (Lipinski definition) is 3. The first-order chi connectivity index (χ1) is 7.75. The van der Waals surface area contributed by atoms with Gasteiger partial charge in [-0.05, 0) is 39.3 Å². The molecule has 2 N–H and O–H groups in total. The Labute approximate surface area is 97.8 Å². The first kappa shape index (κ1) is 11.9. The molecule has 2 rings (SSSR count). The average molecular weight is 225 g/mol. The van der Waals surface area contributed by atoms with Crippen LogP contribution < -0.4 is 10.6 Å². The lowest BCUT2D eigenvalue weighted by atomic mass is 10.1. The normalized spacial score (nSPS) is 25.1. The summed E-state index contributed by atoms with van der Waals surface area (Å²) in [7, 11) is 0. The third-order valence-electron chi connectivity index (χ3n) is 3.52. The number of nitrogens with zero attached hydrogens (tertiary/aromatic N) is 1. The second-order valence-electron chi connectivity index (χ2n) is 5.04. The van der Waals surface area contributed by atoms with Gasteiger partial charge in [-0.25, -0.2) is 0 Å². The largest absolute Gasteiger partial charge is 0.341 e. The van der Waals surface area contributed by atoms with Crippen molar-refractivity contribution in [3.63, 3.8) is 0 Å². The number of likely N-dealkylation sites (tertiary alicyclic amines) is 1. The van der Waals surface area contributed by atoms with Gasteiger partial charge in [-0.2, -0.15) is 0 Å². The Morgan fingerprint density at radius 2 is 2.25 bits per heavy atom. The Bertz CT molecular complexity index is 238. The Hall–Kier alpha value is -0.610. The molecule has 1 amide bonds. The lowest BCUT2D eigenvalue weighted by molar-refractivity contribution is -0.128. The molecule has 0 aromatic rings. The molecular weight excluding hydrogens is 202 g/mol. The standard InChI is InChI=1S/C12H23N3O/c1-10(9-15-8-2-3-12(15)16)14-11-4-6-13-7-5-11/h10-11,13-14H,2-9H2,1H3. The molecule has 2 heterocycles. The summed E-state index contributed by atoms with van der Waals surface area (Å²) >= 11 is 0. The van der Waals surface area contributed by atoms with Crippen LogP contribution in [0.25, 0.3) is 0 Å². The van der Waals surface area contributed by atoms with Crippen molar-refractivity contribution < 1.29 is 4.79 Å². The number of amides is 1. The maximum absolute atomic E-state index is 11.5. The molecule has 0 saturated carbocycles. The van der Waals surface area contributed by atoms with Crippen LogP contribution in [0.5, 0.6) is 0 Å². The number of rotatable bonds is 4. The number of carbonyl (C=O) groups is 1. The zero-order valence-corrected chi connectivity index (χ0v) is 10.2. The fourth-order valence-electron chi connectivity index (χ4n) is 2.67. The lowest BCUT2D eigenvalue weighted by Crippen LogP contribution is -2.47. The van der Waals surface area contributed by atoms with E-state index in [1.165, 1.54) is 12.8 Å². The molecule has 0 bridgehead atoms. The monoisotopic (exact) mass is 225 g/mol. The molecule has 0 radical (unpaired) electrons. The van der Waals surface area contributed by atoms with E-state index in [4.69, 9.17) is 0 Å². The van der Waals surface area contributed by atoms with Crippen molar-refractivity contribution in [2.45, 2.75) is 44.7 Å². The summed E-state index contributed by atoms with van der Waals surface area (Å²) in [6, 6.07) is 1.05. The van der Waals surface area contributed by atoms with Crippen LogP contribution in [0.3, 0.4) is 0 Å². The minimum Gasteiger partial charge on any atom is -0.341 e. The van der Waals surface area contributed by atoms with E-state index in [2.05, 4.69) is 17.6 Å². The molecule has 92 valence electrons. The minimum absolute atomic E-state index is 0.332. The van der Waals surface area contributed by atoms with E-state index in [0.717, 1.165) is 39.0 Å². The van der Waals surface area contributed by atoms with Crippen molar-refractivity contribution >= 4 is 5.91 Å². The van der Waals surface area contributed by atoms with E-state index in [0.29, 0.717) is 18.0 Å². The van der Waals surface area contributed by atoms with Crippen LogP contribution in [-0.2, 0) is 4.79 Å². The van der Waals surface area contributed by atoms with Crippen molar-refractivity contribution in [2.75, 3.05) is 26.2 Å². The molecule has 16 heavy (non-hydrogen) atoms. The second-order valence-corrected chi connectivity index (χ2v) is 5.04. The smallest absolute Gasteiger partial charge is 0.222 e. The van der Waals surface area contributed by atoms with E-state index in [9.17, 15) is 4.79 Å². The molecule has 1 unspecified atom stereocenters. The molecule has 1 atom stereocenters. The molecular formula is C12H23N3O. The number of piperidine rings is 1. The van der Waals surface area contributed by atoms with Crippen molar-refractivity contribution in [2.24, 2.45) is 0 Å². The van der Waals surface area contributed by atoms with Crippen molar-refractivity contribution in [1.29, 1.82) is 0 Å². The summed E-state index contributed by atoms with van der Waals surface area (Å²) in [4.78, 5) is 13.5. The fraction of sp³-hybridized carbons (Fsp3) is 0.917. The van der Waals surface area contributed by atoms with Crippen molar-refractivity contribution in [1.82, 2.24) is 15.5 Å². The molecule has 2 saturated heterocycles. The van der Waals surface area contributed by atoms with Gasteiger partial charge in [-0.3, -0.25) is 4.79 Å². The molecule has 4 heteroatoms. The second kappa shape index (κ2) is 5.64. The zero-order chi connectivity index (χ0) is 11.4. The third-order valence-corrected chi connectivity index (χ3v) is 3.52. The highest BCUT2D eigenvalue weighted by molar-refractivity contribution is 5.78. The predicted octanol–water partition coefficient (Wildman–Crippen LogP) is 0.339. The van der Waals surface area contributed by atoms with Gasteiger partial charge in [0.05, 0.1) is 0 Å². The molecule has 0 aromatic heterocycles. The highest BCUT2D eigenvalue weighted by Gasteiger charge is 2.23. The Morgan fingerprint density at radius 1 is 1.50 bits per heavy atom. The number of carbonyl (C=O) groups excluding carboxylic acids is 1. The van der Waals surface area contributed by atoms with E-state index in [1.807, 2.05) is 4.90 Å². The van der Waals surface area contributed by atoms with Crippen LogP contribution >= 0.6 is 0 Å². The highest BCUT2D eigenvalue weighted by Crippen LogP contribution is 2.11. The Balaban J connectivity index is 1.70. The van der Waals surface area contributed by atoms with Crippen molar-refractivity contribution in [3.8, 4) is 0 Å². The van der Waals surface area contributed by atoms with Gasteiger partial charge in [0.2, 0.25) is 5.91 Å². The third kappa shape index (κ3) is 3.19.